The predicted molar refractivity (Wildman–Crippen MR) is 67.6 cm³/mol. The van der Waals surface area contributed by atoms with E-state index in [2.05, 4.69) is 15.2 Å². The molecule has 17 heavy (non-hydrogen) atoms. The minimum atomic E-state index is -0.924. The van der Waals surface area contributed by atoms with E-state index in [0.717, 1.165) is 19.5 Å². The first kappa shape index (κ1) is 13.4. The van der Waals surface area contributed by atoms with Crippen LogP contribution in [0.15, 0.2) is 12.1 Å². The summed E-state index contributed by atoms with van der Waals surface area (Å²) in [5.74, 6) is -0.298. The maximum absolute atomic E-state index is 10.9. The molecule has 0 aliphatic heterocycles. The Morgan fingerprint density at radius 2 is 2.18 bits per heavy atom. The van der Waals surface area contributed by atoms with Crippen LogP contribution in [-0.4, -0.2) is 48.1 Å². The van der Waals surface area contributed by atoms with E-state index >= 15 is 0 Å². The fourth-order valence-electron chi connectivity index (χ4n) is 1.49. The van der Waals surface area contributed by atoms with Crippen molar-refractivity contribution in [3.63, 3.8) is 0 Å². The van der Waals surface area contributed by atoms with Gasteiger partial charge in [0.2, 0.25) is 0 Å². The molecule has 0 saturated carbocycles. The van der Waals surface area contributed by atoms with Crippen LogP contribution in [0.25, 0.3) is 0 Å². The molecule has 1 rings (SSSR count). The van der Waals surface area contributed by atoms with Gasteiger partial charge in [0.1, 0.15) is 5.82 Å². The van der Waals surface area contributed by atoms with Crippen molar-refractivity contribution in [2.45, 2.75) is 13.3 Å². The van der Waals surface area contributed by atoms with Crippen molar-refractivity contribution in [3.8, 4) is 0 Å². The summed E-state index contributed by atoms with van der Waals surface area (Å²) in [6.45, 7) is 3.57. The largest absolute Gasteiger partial charge is 0.478 e. The molecular formula is C12H19N3O2. The molecule has 0 atom stereocenters. The standard InChI is InChI=1S/C12H19N3O2/c1-9-7-10(12(16)17)8-11(14-9)13-5-4-6-15(2)3/h7-8H,4-6H2,1-3H3,(H,13,14)(H,16,17). The van der Waals surface area contributed by atoms with Crippen molar-refractivity contribution in [1.82, 2.24) is 9.88 Å². The van der Waals surface area contributed by atoms with E-state index in [0.29, 0.717) is 11.5 Å². The Balaban J connectivity index is 2.56. The number of hydrogen-bond donors (Lipinski definition) is 2. The van der Waals surface area contributed by atoms with Gasteiger partial charge in [-0.3, -0.25) is 0 Å². The van der Waals surface area contributed by atoms with E-state index in [1.165, 1.54) is 0 Å². The number of nitrogens with one attached hydrogen (secondary N) is 1. The summed E-state index contributed by atoms with van der Waals surface area (Å²) in [6.07, 6.45) is 0.991. The van der Waals surface area contributed by atoms with E-state index in [1.54, 1.807) is 19.1 Å². The maximum atomic E-state index is 10.9. The predicted octanol–water partition coefficient (Wildman–Crippen LogP) is 1.45. The minimum absolute atomic E-state index is 0.271. The van der Waals surface area contributed by atoms with Gasteiger partial charge in [0.05, 0.1) is 5.56 Å². The molecule has 0 spiro atoms. The lowest BCUT2D eigenvalue weighted by Crippen LogP contribution is -2.16. The van der Waals surface area contributed by atoms with Crippen molar-refractivity contribution in [2.24, 2.45) is 0 Å². The van der Waals surface area contributed by atoms with Crippen LogP contribution in [0.5, 0.6) is 0 Å². The van der Waals surface area contributed by atoms with E-state index < -0.39 is 5.97 Å². The first-order valence-corrected chi connectivity index (χ1v) is 5.59. The molecule has 0 bridgehead atoms. The first-order valence-electron chi connectivity index (χ1n) is 5.59. The van der Waals surface area contributed by atoms with Crippen LogP contribution < -0.4 is 5.32 Å². The fourth-order valence-corrected chi connectivity index (χ4v) is 1.49. The molecule has 0 aliphatic carbocycles. The van der Waals surface area contributed by atoms with Crippen LogP contribution in [0, 0.1) is 6.92 Å². The van der Waals surface area contributed by atoms with Crippen LogP contribution in [0.2, 0.25) is 0 Å². The number of aromatic carboxylic acids is 1. The van der Waals surface area contributed by atoms with Crippen molar-refractivity contribution in [2.75, 3.05) is 32.5 Å². The lowest BCUT2D eigenvalue weighted by Gasteiger charge is -2.10. The summed E-state index contributed by atoms with van der Waals surface area (Å²) in [5.41, 5.74) is 0.979. The van der Waals surface area contributed by atoms with Gasteiger partial charge in [0.15, 0.2) is 0 Å². The van der Waals surface area contributed by atoms with Crippen LogP contribution >= 0.6 is 0 Å². The topological polar surface area (TPSA) is 65.5 Å². The number of carbonyl (C=O) groups is 1. The number of pyridine rings is 1. The van der Waals surface area contributed by atoms with E-state index in [4.69, 9.17) is 5.11 Å². The molecule has 5 nitrogen and oxygen atoms in total. The number of anilines is 1. The molecule has 2 N–H and O–H groups in total. The second-order valence-corrected chi connectivity index (χ2v) is 4.27. The monoisotopic (exact) mass is 237 g/mol. The third kappa shape index (κ3) is 4.82. The molecule has 1 aromatic heterocycles. The van der Waals surface area contributed by atoms with E-state index in [-0.39, 0.29) is 5.56 Å². The van der Waals surface area contributed by atoms with Gasteiger partial charge in [-0.15, -0.1) is 0 Å². The molecule has 5 heteroatoms. The van der Waals surface area contributed by atoms with Crippen LogP contribution in [0.1, 0.15) is 22.5 Å². The summed E-state index contributed by atoms with van der Waals surface area (Å²) in [6, 6.07) is 3.12. The van der Waals surface area contributed by atoms with Crippen molar-refractivity contribution in [3.05, 3.63) is 23.4 Å². The number of carboxylic acids is 1. The van der Waals surface area contributed by atoms with E-state index in [1.807, 2.05) is 14.1 Å². The molecule has 0 fully saturated rings. The summed E-state index contributed by atoms with van der Waals surface area (Å²) in [7, 11) is 4.04. The van der Waals surface area contributed by atoms with Gasteiger partial charge in [-0.1, -0.05) is 0 Å². The Morgan fingerprint density at radius 3 is 2.76 bits per heavy atom. The van der Waals surface area contributed by atoms with Gasteiger partial charge >= 0.3 is 5.97 Å². The smallest absolute Gasteiger partial charge is 0.335 e. The number of nitrogens with zero attached hydrogens (tertiary/aromatic N) is 2. The highest BCUT2D eigenvalue weighted by Crippen LogP contribution is 2.10. The van der Waals surface area contributed by atoms with Crippen molar-refractivity contribution < 1.29 is 9.90 Å². The lowest BCUT2D eigenvalue weighted by molar-refractivity contribution is 0.0696. The van der Waals surface area contributed by atoms with Crippen molar-refractivity contribution in [1.29, 1.82) is 0 Å². The average Bonchev–Trinajstić information content (AvgIpc) is 2.23. The zero-order chi connectivity index (χ0) is 12.8. The zero-order valence-electron chi connectivity index (χ0n) is 10.5. The Labute approximate surface area is 101 Å². The highest BCUT2D eigenvalue weighted by atomic mass is 16.4. The van der Waals surface area contributed by atoms with Gasteiger partial charge in [-0.25, -0.2) is 9.78 Å². The maximum Gasteiger partial charge on any atom is 0.335 e. The molecule has 0 aliphatic rings. The molecule has 0 radical (unpaired) electrons. The Bertz CT molecular complexity index is 391. The highest BCUT2D eigenvalue weighted by molar-refractivity contribution is 5.88. The normalized spacial score (nSPS) is 10.6. The Morgan fingerprint density at radius 1 is 1.47 bits per heavy atom. The van der Waals surface area contributed by atoms with Gasteiger partial charge in [-0.2, -0.15) is 0 Å². The summed E-state index contributed by atoms with van der Waals surface area (Å²) >= 11 is 0. The first-order chi connectivity index (χ1) is 7.99. The third-order valence-electron chi connectivity index (χ3n) is 2.29. The van der Waals surface area contributed by atoms with Crippen LogP contribution in [0.4, 0.5) is 5.82 Å². The molecule has 0 amide bonds. The van der Waals surface area contributed by atoms with Crippen molar-refractivity contribution >= 4 is 11.8 Å². The number of carboxylic acid groups (broad SMARTS) is 1. The molecule has 0 saturated heterocycles. The second kappa shape index (κ2) is 6.20. The molecule has 0 aromatic carbocycles. The minimum Gasteiger partial charge on any atom is -0.478 e. The van der Waals surface area contributed by atoms with Gasteiger partial charge in [-0.05, 0) is 46.1 Å². The lowest BCUT2D eigenvalue weighted by atomic mass is 10.2. The third-order valence-corrected chi connectivity index (χ3v) is 2.29. The molecule has 1 heterocycles. The number of hydrogen-bond acceptors (Lipinski definition) is 4. The Kier molecular flexibility index (Phi) is 4.90. The molecular weight excluding hydrogens is 218 g/mol. The molecule has 94 valence electrons. The summed E-state index contributed by atoms with van der Waals surface area (Å²) in [5, 5.41) is 12.1. The summed E-state index contributed by atoms with van der Waals surface area (Å²) in [4.78, 5) is 17.2. The second-order valence-electron chi connectivity index (χ2n) is 4.27. The molecule has 0 unspecified atom stereocenters. The van der Waals surface area contributed by atoms with Gasteiger partial charge < -0.3 is 15.3 Å². The number of rotatable bonds is 6. The van der Waals surface area contributed by atoms with Gasteiger partial charge in [0.25, 0.3) is 0 Å². The average molecular weight is 237 g/mol. The zero-order valence-corrected chi connectivity index (χ0v) is 10.5. The SMILES string of the molecule is Cc1cc(C(=O)O)cc(NCCCN(C)C)n1. The fraction of sp³-hybridized carbons (Fsp3) is 0.500. The summed E-state index contributed by atoms with van der Waals surface area (Å²) < 4.78 is 0. The molecule has 1 aromatic rings. The van der Waals surface area contributed by atoms with Gasteiger partial charge in [0, 0.05) is 12.2 Å². The Hall–Kier alpha value is -1.62. The quantitative estimate of drug-likeness (QED) is 0.733. The van der Waals surface area contributed by atoms with E-state index in [9.17, 15) is 4.79 Å². The van der Waals surface area contributed by atoms with Crippen LogP contribution in [0.3, 0.4) is 0 Å². The highest BCUT2D eigenvalue weighted by Gasteiger charge is 2.06. The number of aryl methyl sites for hydroxylation is 1. The number of aromatic nitrogens is 1. The van der Waals surface area contributed by atoms with Crippen LogP contribution in [-0.2, 0) is 0 Å².